The standard InChI is InChI=1S/C22H37N3O2/c1-5-7-12-25(6-2)20-10-8-19(9-11-20)22(26)23-15-21-17-24(13-14-27-21)16-18(3)4/h8-11,18,21H,5-7,12-17H2,1-4H3,(H,23,26). The summed E-state index contributed by atoms with van der Waals surface area (Å²) < 4.78 is 5.82. The molecule has 1 amide bonds. The van der Waals surface area contributed by atoms with Crippen molar-refractivity contribution in [2.75, 3.05) is 50.8 Å². The number of nitrogens with one attached hydrogen (secondary N) is 1. The Morgan fingerprint density at radius 3 is 2.67 bits per heavy atom. The number of morpholine rings is 1. The fourth-order valence-corrected chi connectivity index (χ4v) is 3.54. The molecule has 1 unspecified atom stereocenters. The van der Waals surface area contributed by atoms with Gasteiger partial charge in [-0.3, -0.25) is 9.69 Å². The van der Waals surface area contributed by atoms with E-state index in [1.165, 1.54) is 18.5 Å². The highest BCUT2D eigenvalue weighted by Crippen LogP contribution is 2.16. The van der Waals surface area contributed by atoms with E-state index in [9.17, 15) is 4.79 Å². The summed E-state index contributed by atoms with van der Waals surface area (Å²) in [5.41, 5.74) is 1.89. The average molecular weight is 376 g/mol. The second-order valence-corrected chi connectivity index (χ2v) is 7.84. The summed E-state index contributed by atoms with van der Waals surface area (Å²) in [4.78, 5) is 17.3. The molecule has 1 heterocycles. The molecule has 1 aromatic rings. The third-order valence-corrected chi connectivity index (χ3v) is 4.99. The molecule has 152 valence electrons. The molecule has 0 saturated carbocycles. The quantitative estimate of drug-likeness (QED) is 0.681. The first-order valence-electron chi connectivity index (χ1n) is 10.5. The second-order valence-electron chi connectivity index (χ2n) is 7.84. The lowest BCUT2D eigenvalue weighted by atomic mass is 10.1. The molecule has 1 aromatic carbocycles. The Balaban J connectivity index is 1.83. The molecule has 27 heavy (non-hydrogen) atoms. The van der Waals surface area contributed by atoms with Crippen LogP contribution in [0.1, 0.15) is 50.9 Å². The Labute approximate surface area is 165 Å². The lowest BCUT2D eigenvalue weighted by Gasteiger charge is -2.33. The van der Waals surface area contributed by atoms with Crippen LogP contribution >= 0.6 is 0 Å². The van der Waals surface area contributed by atoms with Crippen LogP contribution in [0.15, 0.2) is 24.3 Å². The number of amides is 1. The van der Waals surface area contributed by atoms with Crippen molar-refractivity contribution in [2.24, 2.45) is 5.92 Å². The van der Waals surface area contributed by atoms with Crippen LogP contribution in [0.4, 0.5) is 5.69 Å². The van der Waals surface area contributed by atoms with Crippen LogP contribution in [-0.2, 0) is 4.74 Å². The highest BCUT2D eigenvalue weighted by molar-refractivity contribution is 5.94. The molecule has 0 aromatic heterocycles. The van der Waals surface area contributed by atoms with E-state index in [1.807, 2.05) is 12.1 Å². The van der Waals surface area contributed by atoms with Crippen LogP contribution in [0.5, 0.6) is 0 Å². The monoisotopic (exact) mass is 375 g/mol. The molecule has 0 aliphatic carbocycles. The Morgan fingerprint density at radius 2 is 2.04 bits per heavy atom. The van der Waals surface area contributed by atoms with Crippen molar-refractivity contribution < 1.29 is 9.53 Å². The fourth-order valence-electron chi connectivity index (χ4n) is 3.54. The summed E-state index contributed by atoms with van der Waals surface area (Å²) in [5.74, 6) is 0.625. The third-order valence-electron chi connectivity index (χ3n) is 4.99. The molecule has 1 saturated heterocycles. The number of ether oxygens (including phenoxy) is 1. The topological polar surface area (TPSA) is 44.8 Å². The zero-order chi connectivity index (χ0) is 19.6. The van der Waals surface area contributed by atoms with Gasteiger partial charge in [0.1, 0.15) is 0 Å². The van der Waals surface area contributed by atoms with Crippen molar-refractivity contribution in [3.63, 3.8) is 0 Å². The van der Waals surface area contributed by atoms with E-state index in [1.54, 1.807) is 0 Å². The van der Waals surface area contributed by atoms with Crippen molar-refractivity contribution in [3.05, 3.63) is 29.8 Å². The first-order chi connectivity index (χ1) is 13.0. The zero-order valence-electron chi connectivity index (χ0n) is 17.5. The normalized spacial score (nSPS) is 17.9. The minimum atomic E-state index is -0.0252. The molecule has 1 N–H and O–H groups in total. The van der Waals surface area contributed by atoms with Crippen LogP contribution < -0.4 is 10.2 Å². The highest BCUT2D eigenvalue weighted by atomic mass is 16.5. The number of hydrogen-bond donors (Lipinski definition) is 1. The minimum absolute atomic E-state index is 0.0252. The van der Waals surface area contributed by atoms with Crippen molar-refractivity contribution in [1.29, 1.82) is 0 Å². The molecule has 1 aliphatic heterocycles. The Morgan fingerprint density at radius 1 is 1.30 bits per heavy atom. The van der Waals surface area contributed by atoms with Gasteiger partial charge >= 0.3 is 0 Å². The molecule has 1 fully saturated rings. The van der Waals surface area contributed by atoms with Crippen LogP contribution in [0.25, 0.3) is 0 Å². The summed E-state index contributed by atoms with van der Waals surface area (Å²) in [6, 6.07) is 7.95. The van der Waals surface area contributed by atoms with Gasteiger partial charge in [0.25, 0.3) is 5.91 Å². The predicted octanol–water partition coefficient (Wildman–Crippen LogP) is 3.40. The average Bonchev–Trinajstić information content (AvgIpc) is 2.67. The maximum atomic E-state index is 12.5. The third kappa shape index (κ3) is 7.15. The molecule has 5 nitrogen and oxygen atoms in total. The minimum Gasteiger partial charge on any atom is -0.374 e. The first-order valence-corrected chi connectivity index (χ1v) is 10.5. The second kappa shape index (κ2) is 11.3. The van der Waals surface area contributed by atoms with Gasteiger partial charge in [-0.1, -0.05) is 27.2 Å². The van der Waals surface area contributed by atoms with Gasteiger partial charge in [0.05, 0.1) is 12.7 Å². The maximum absolute atomic E-state index is 12.5. The maximum Gasteiger partial charge on any atom is 0.251 e. The summed E-state index contributed by atoms with van der Waals surface area (Å²) >= 11 is 0. The molecule has 5 heteroatoms. The van der Waals surface area contributed by atoms with E-state index in [0.29, 0.717) is 18.0 Å². The molecule has 0 radical (unpaired) electrons. The highest BCUT2D eigenvalue weighted by Gasteiger charge is 2.21. The van der Waals surface area contributed by atoms with Gasteiger partial charge in [-0.2, -0.15) is 0 Å². The molecule has 1 atom stereocenters. The van der Waals surface area contributed by atoms with Gasteiger partial charge in [0.15, 0.2) is 0 Å². The van der Waals surface area contributed by atoms with Crippen LogP contribution in [0.2, 0.25) is 0 Å². The molecule has 0 bridgehead atoms. The lowest BCUT2D eigenvalue weighted by molar-refractivity contribution is -0.0295. The van der Waals surface area contributed by atoms with Crippen molar-refractivity contribution in [2.45, 2.75) is 46.6 Å². The number of carbonyl (C=O) groups excluding carboxylic acids is 1. The smallest absolute Gasteiger partial charge is 0.251 e. The summed E-state index contributed by atoms with van der Waals surface area (Å²) in [6.45, 7) is 15.1. The van der Waals surface area contributed by atoms with Gasteiger partial charge in [0.2, 0.25) is 0 Å². The number of nitrogens with zero attached hydrogens (tertiary/aromatic N) is 2. The lowest BCUT2D eigenvalue weighted by Crippen LogP contribution is -2.48. The van der Waals surface area contributed by atoms with Gasteiger partial charge in [0, 0.05) is 50.5 Å². The van der Waals surface area contributed by atoms with Gasteiger partial charge in [-0.25, -0.2) is 0 Å². The summed E-state index contributed by atoms with van der Waals surface area (Å²) in [7, 11) is 0. The van der Waals surface area contributed by atoms with Crippen molar-refractivity contribution >= 4 is 11.6 Å². The van der Waals surface area contributed by atoms with E-state index >= 15 is 0 Å². The van der Waals surface area contributed by atoms with E-state index < -0.39 is 0 Å². The molecular weight excluding hydrogens is 338 g/mol. The number of unbranched alkanes of at least 4 members (excludes halogenated alkanes) is 1. The predicted molar refractivity (Wildman–Crippen MR) is 113 cm³/mol. The first kappa shape index (κ1) is 21.7. The van der Waals surface area contributed by atoms with E-state index in [2.05, 4.69) is 54.9 Å². The van der Waals surface area contributed by atoms with Crippen LogP contribution in [0, 0.1) is 5.92 Å². The van der Waals surface area contributed by atoms with Gasteiger partial charge < -0.3 is 15.0 Å². The summed E-state index contributed by atoms with van der Waals surface area (Å²) in [5, 5.41) is 3.04. The fraction of sp³-hybridized carbons (Fsp3) is 0.682. The number of benzene rings is 1. The Bertz CT molecular complexity index is 559. The Kier molecular flexibility index (Phi) is 9.08. The number of carbonyl (C=O) groups is 1. The number of anilines is 1. The van der Waals surface area contributed by atoms with Crippen molar-refractivity contribution in [1.82, 2.24) is 10.2 Å². The zero-order valence-corrected chi connectivity index (χ0v) is 17.5. The number of rotatable bonds is 10. The molecule has 1 aliphatic rings. The molecule has 2 rings (SSSR count). The van der Waals surface area contributed by atoms with Crippen LogP contribution in [0.3, 0.4) is 0 Å². The van der Waals surface area contributed by atoms with Crippen LogP contribution in [-0.4, -0.2) is 62.8 Å². The SMILES string of the molecule is CCCCN(CC)c1ccc(C(=O)NCC2CN(CC(C)C)CCO2)cc1. The van der Waals surface area contributed by atoms with E-state index in [4.69, 9.17) is 4.74 Å². The van der Waals surface area contributed by atoms with Gasteiger partial charge in [-0.15, -0.1) is 0 Å². The van der Waals surface area contributed by atoms with Crippen molar-refractivity contribution in [3.8, 4) is 0 Å². The van der Waals surface area contributed by atoms with E-state index in [-0.39, 0.29) is 12.0 Å². The largest absolute Gasteiger partial charge is 0.374 e. The summed E-state index contributed by atoms with van der Waals surface area (Å²) in [6.07, 6.45) is 2.45. The Hall–Kier alpha value is -1.59. The molecule has 0 spiro atoms. The number of hydrogen-bond acceptors (Lipinski definition) is 4. The molecular formula is C22H37N3O2. The van der Waals surface area contributed by atoms with E-state index in [0.717, 1.165) is 39.3 Å². The van der Waals surface area contributed by atoms with Gasteiger partial charge in [-0.05, 0) is 43.5 Å².